The van der Waals surface area contributed by atoms with E-state index in [0.29, 0.717) is 12.5 Å². The molecule has 17 heavy (non-hydrogen) atoms. The highest BCUT2D eigenvalue weighted by molar-refractivity contribution is 5.73. The molecule has 0 radical (unpaired) electrons. The summed E-state index contributed by atoms with van der Waals surface area (Å²) in [6.45, 7) is 6.11. The lowest BCUT2D eigenvalue weighted by Crippen LogP contribution is -2.33. The summed E-state index contributed by atoms with van der Waals surface area (Å²) in [5.41, 5.74) is 5.30. The lowest BCUT2D eigenvalue weighted by Gasteiger charge is -2.27. The Balaban J connectivity index is 2.43. The SMILES string of the molecule is CC(C)(C)OC(=O)C(CN)CC1CCCCC1. The zero-order valence-corrected chi connectivity index (χ0v) is 11.5. The van der Waals surface area contributed by atoms with Crippen LogP contribution in [0.1, 0.15) is 59.3 Å². The van der Waals surface area contributed by atoms with E-state index in [9.17, 15) is 4.79 Å². The molecule has 0 bridgehead atoms. The van der Waals surface area contributed by atoms with Crippen LogP contribution in [0.3, 0.4) is 0 Å². The fourth-order valence-electron chi connectivity index (χ4n) is 2.50. The molecule has 1 fully saturated rings. The Bertz CT molecular complexity index is 239. The van der Waals surface area contributed by atoms with Crippen molar-refractivity contribution in [2.45, 2.75) is 64.9 Å². The van der Waals surface area contributed by atoms with Crippen LogP contribution in [0.2, 0.25) is 0 Å². The maximum atomic E-state index is 12.0. The summed E-state index contributed by atoms with van der Waals surface area (Å²) in [6, 6.07) is 0. The molecule has 1 aliphatic rings. The van der Waals surface area contributed by atoms with E-state index in [0.717, 1.165) is 6.42 Å². The van der Waals surface area contributed by atoms with Gasteiger partial charge in [-0.3, -0.25) is 4.79 Å². The van der Waals surface area contributed by atoms with Crippen molar-refractivity contribution in [3.8, 4) is 0 Å². The molecule has 0 saturated heterocycles. The second-order valence-electron chi connectivity index (χ2n) is 6.21. The highest BCUT2D eigenvalue weighted by Gasteiger charge is 2.27. The van der Waals surface area contributed by atoms with E-state index in [-0.39, 0.29) is 11.9 Å². The number of carbonyl (C=O) groups is 1. The van der Waals surface area contributed by atoms with E-state index in [1.54, 1.807) is 0 Å². The van der Waals surface area contributed by atoms with Crippen LogP contribution < -0.4 is 5.73 Å². The van der Waals surface area contributed by atoms with Gasteiger partial charge in [0.2, 0.25) is 0 Å². The van der Waals surface area contributed by atoms with Crippen molar-refractivity contribution in [3.63, 3.8) is 0 Å². The van der Waals surface area contributed by atoms with Crippen molar-refractivity contribution < 1.29 is 9.53 Å². The van der Waals surface area contributed by atoms with Gasteiger partial charge in [-0.15, -0.1) is 0 Å². The van der Waals surface area contributed by atoms with E-state index in [2.05, 4.69) is 0 Å². The first kappa shape index (κ1) is 14.5. The van der Waals surface area contributed by atoms with E-state index in [1.807, 2.05) is 20.8 Å². The molecule has 3 heteroatoms. The van der Waals surface area contributed by atoms with E-state index in [1.165, 1.54) is 32.1 Å². The van der Waals surface area contributed by atoms with Crippen LogP contribution in [-0.2, 0) is 9.53 Å². The highest BCUT2D eigenvalue weighted by Crippen LogP contribution is 2.29. The van der Waals surface area contributed by atoms with Gasteiger partial charge in [0.25, 0.3) is 0 Å². The van der Waals surface area contributed by atoms with Gasteiger partial charge in [0, 0.05) is 6.54 Å². The molecule has 0 aliphatic heterocycles. The largest absolute Gasteiger partial charge is 0.460 e. The van der Waals surface area contributed by atoms with Crippen LogP contribution in [0, 0.1) is 11.8 Å². The molecule has 1 unspecified atom stereocenters. The number of nitrogens with two attached hydrogens (primary N) is 1. The van der Waals surface area contributed by atoms with Crippen LogP contribution in [0.4, 0.5) is 0 Å². The van der Waals surface area contributed by atoms with Gasteiger partial charge >= 0.3 is 5.97 Å². The zero-order chi connectivity index (χ0) is 12.9. The van der Waals surface area contributed by atoms with Crippen LogP contribution in [-0.4, -0.2) is 18.1 Å². The molecule has 3 nitrogen and oxygen atoms in total. The Morgan fingerprint density at radius 1 is 1.29 bits per heavy atom. The maximum Gasteiger partial charge on any atom is 0.310 e. The zero-order valence-electron chi connectivity index (χ0n) is 11.5. The lowest BCUT2D eigenvalue weighted by atomic mass is 9.83. The normalized spacial score (nSPS) is 20.0. The van der Waals surface area contributed by atoms with Crippen LogP contribution in [0.5, 0.6) is 0 Å². The molecular weight excluding hydrogens is 214 g/mol. The summed E-state index contributed by atoms with van der Waals surface area (Å²) >= 11 is 0. The molecule has 0 aromatic heterocycles. The van der Waals surface area contributed by atoms with Gasteiger partial charge < -0.3 is 10.5 Å². The van der Waals surface area contributed by atoms with Crippen LogP contribution >= 0.6 is 0 Å². The molecule has 1 saturated carbocycles. The smallest absolute Gasteiger partial charge is 0.310 e. The van der Waals surface area contributed by atoms with Crippen molar-refractivity contribution in [2.24, 2.45) is 17.6 Å². The first-order chi connectivity index (χ1) is 7.92. The number of hydrogen-bond acceptors (Lipinski definition) is 3. The molecule has 1 atom stereocenters. The molecule has 0 amide bonds. The average Bonchev–Trinajstić information content (AvgIpc) is 2.24. The third kappa shape index (κ3) is 5.53. The van der Waals surface area contributed by atoms with Crippen molar-refractivity contribution in [1.82, 2.24) is 0 Å². The Hall–Kier alpha value is -0.570. The summed E-state index contributed by atoms with van der Waals surface area (Å²) < 4.78 is 5.41. The Morgan fingerprint density at radius 2 is 1.88 bits per heavy atom. The third-order valence-electron chi connectivity index (χ3n) is 3.37. The Kier molecular flexibility index (Phi) is 5.44. The number of hydrogen-bond donors (Lipinski definition) is 1. The van der Waals surface area contributed by atoms with Gasteiger partial charge in [-0.2, -0.15) is 0 Å². The number of rotatable bonds is 4. The Morgan fingerprint density at radius 3 is 2.35 bits per heavy atom. The molecule has 0 spiro atoms. The van der Waals surface area contributed by atoms with Crippen LogP contribution in [0.15, 0.2) is 0 Å². The average molecular weight is 241 g/mol. The number of ether oxygens (including phenoxy) is 1. The molecule has 0 aromatic rings. The summed E-state index contributed by atoms with van der Waals surface area (Å²) in [4.78, 5) is 12.0. The minimum Gasteiger partial charge on any atom is -0.460 e. The van der Waals surface area contributed by atoms with Gasteiger partial charge in [0.05, 0.1) is 5.92 Å². The topological polar surface area (TPSA) is 52.3 Å². The summed E-state index contributed by atoms with van der Waals surface area (Å²) in [5.74, 6) is 0.438. The van der Waals surface area contributed by atoms with Gasteiger partial charge in [-0.1, -0.05) is 32.1 Å². The van der Waals surface area contributed by atoms with Crippen molar-refractivity contribution in [1.29, 1.82) is 0 Å². The van der Waals surface area contributed by atoms with Crippen LogP contribution in [0.25, 0.3) is 0 Å². The number of esters is 1. The molecule has 0 heterocycles. The molecule has 1 rings (SSSR count). The molecule has 0 aromatic carbocycles. The molecule has 1 aliphatic carbocycles. The predicted molar refractivity (Wildman–Crippen MR) is 69.6 cm³/mol. The lowest BCUT2D eigenvalue weighted by molar-refractivity contribution is -0.160. The van der Waals surface area contributed by atoms with Gasteiger partial charge in [-0.05, 0) is 33.1 Å². The van der Waals surface area contributed by atoms with Crippen molar-refractivity contribution in [2.75, 3.05) is 6.54 Å². The second kappa shape index (κ2) is 6.39. The third-order valence-corrected chi connectivity index (χ3v) is 3.37. The highest BCUT2D eigenvalue weighted by atomic mass is 16.6. The summed E-state index contributed by atoms with van der Waals surface area (Å²) in [6.07, 6.45) is 7.35. The second-order valence-corrected chi connectivity index (χ2v) is 6.21. The van der Waals surface area contributed by atoms with Gasteiger partial charge in [0.1, 0.15) is 5.60 Å². The van der Waals surface area contributed by atoms with Gasteiger partial charge in [-0.25, -0.2) is 0 Å². The van der Waals surface area contributed by atoms with Gasteiger partial charge in [0.15, 0.2) is 0 Å². The van der Waals surface area contributed by atoms with E-state index < -0.39 is 5.60 Å². The quantitative estimate of drug-likeness (QED) is 0.770. The number of carbonyl (C=O) groups excluding carboxylic acids is 1. The maximum absolute atomic E-state index is 12.0. The van der Waals surface area contributed by atoms with Crippen molar-refractivity contribution >= 4 is 5.97 Å². The molecular formula is C14H27NO2. The standard InChI is InChI=1S/C14H27NO2/c1-14(2,3)17-13(16)12(10-15)9-11-7-5-4-6-8-11/h11-12H,4-10,15H2,1-3H3. The fraction of sp³-hybridized carbons (Fsp3) is 0.929. The first-order valence-corrected chi connectivity index (χ1v) is 6.85. The predicted octanol–water partition coefficient (Wildman–Crippen LogP) is 2.87. The van der Waals surface area contributed by atoms with E-state index >= 15 is 0 Å². The monoisotopic (exact) mass is 241 g/mol. The molecule has 100 valence electrons. The summed E-state index contributed by atoms with van der Waals surface area (Å²) in [5, 5.41) is 0. The van der Waals surface area contributed by atoms with E-state index in [4.69, 9.17) is 10.5 Å². The Labute approximate surface area is 105 Å². The van der Waals surface area contributed by atoms with Crippen molar-refractivity contribution in [3.05, 3.63) is 0 Å². The first-order valence-electron chi connectivity index (χ1n) is 6.85. The minimum atomic E-state index is -0.406. The minimum absolute atomic E-state index is 0.114. The summed E-state index contributed by atoms with van der Waals surface area (Å²) in [7, 11) is 0. The fourth-order valence-corrected chi connectivity index (χ4v) is 2.50. The molecule has 2 N–H and O–H groups in total.